The van der Waals surface area contributed by atoms with Gasteiger partial charge in [0.25, 0.3) is 0 Å². The van der Waals surface area contributed by atoms with E-state index in [1.807, 2.05) is 30.4 Å². The second-order valence-corrected chi connectivity index (χ2v) is 7.30. The van der Waals surface area contributed by atoms with Gasteiger partial charge in [0.2, 0.25) is 6.79 Å². The fourth-order valence-electron chi connectivity index (χ4n) is 3.32. The quantitative estimate of drug-likeness (QED) is 0.772. The highest BCUT2D eigenvalue weighted by Crippen LogP contribution is 2.37. The van der Waals surface area contributed by atoms with Crippen molar-refractivity contribution >= 4 is 17.3 Å². The molecule has 0 N–H and O–H groups in total. The van der Waals surface area contributed by atoms with Crippen molar-refractivity contribution in [1.29, 1.82) is 0 Å². The standard InChI is InChI=1S/C19H25ClN2O2/c1-14(11-21(2)3)12-22-16-6-4-5-7-18(16)23-13-24-19-9-8-15(20)10-17(19)22/h4-9,14-15H,10-13H2,1-3H3. The number of hydrogen-bond donors (Lipinski definition) is 0. The summed E-state index contributed by atoms with van der Waals surface area (Å²) in [5.74, 6) is 2.20. The van der Waals surface area contributed by atoms with Gasteiger partial charge in [-0.1, -0.05) is 25.1 Å². The molecule has 5 heteroatoms. The lowest BCUT2D eigenvalue weighted by molar-refractivity contribution is 0.0625. The molecule has 0 radical (unpaired) electrons. The molecule has 0 amide bonds. The van der Waals surface area contributed by atoms with Gasteiger partial charge in [-0.2, -0.15) is 0 Å². The fraction of sp³-hybridized carbons (Fsp3) is 0.474. The molecule has 1 aliphatic carbocycles. The Morgan fingerprint density at radius 1 is 1.29 bits per heavy atom. The number of ether oxygens (including phenoxy) is 2. The lowest BCUT2D eigenvalue weighted by atomic mass is 10.0. The molecule has 0 bridgehead atoms. The average Bonchev–Trinajstić information content (AvgIpc) is 2.52. The van der Waals surface area contributed by atoms with E-state index >= 15 is 0 Å². The van der Waals surface area contributed by atoms with Crippen LogP contribution in [0.25, 0.3) is 0 Å². The number of fused-ring (bicyclic) bond motifs is 1. The lowest BCUT2D eigenvalue weighted by Crippen LogP contribution is -2.36. The van der Waals surface area contributed by atoms with Crippen LogP contribution in [-0.2, 0) is 4.74 Å². The van der Waals surface area contributed by atoms with Crippen molar-refractivity contribution in [2.45, 2.75) is 18.7 Å². The molecule has 4 nitrogen and oxygen atoms in total. The Hall–Kier alpha value is -1.65. The Labute approximate surface area is 149 Å². The van der Waals surface area contributed by atoms with Gasteiger partial charge in [0.05, 0.1) is 16.8 Å². The SMILES string of the molecule is CC(CN(C)C)CN1C2=C(C=CC(Cl)C2)OCOc2ccccc21. The van der Waals surface area contributed by atoms with E-state index in [1.165, 1.54) is 0 Å². The summed E-state index contributed by atoms with van der Waals surface area (Å²) in [6.45, 7) is 4.38. The number of rotatable bonds is 4. The monoisotopic (exact) mass is 348 g/mol. The largest absolute Gasteiger partial charge is 0.456 e. The average molecular weight is 349 g/mol. The molecule has 130 valence electrons. The first-order valence-corrected chi connectivity index (χ1v) is 8.80. The lowest BCUT2D eigenvalue weighted by Gasteiger charge is -2.36. The van der Waals surface area contributed by atoms with Crippen LogP contribution >= 0.6 is 11.6 Å². The number of hydrogen-bond acceptors (Lipinski definition) is 4. The van der Waals surface area contributed by atoms with Crippen molar-refractivity contribution in [3.8, 4) is 5.75 Å². The summed E-state index contributed by atoms with van der Waals surface area (Å²) in [4.78, 5) is 4.53. The molecule has 1 aliphatic heterocycles. The molecule has 3 rings (SSSR count). The molecular formula is C19H25ClN2O2. The second-order valence-electron chi connectivity index (χ2n) is 6.74. The van der Waals surface area contributed by atoms with Gasteiger partial charge in [-0.25, -0.2) is 0 Å². The van der Waals surface area contributed by atoms with Gasteiger partial charge in [-0.15, -0.1) is 11.6 Å². The van der Waals surface area contributed by atoms with Gasteiger partial charge in [0.1, 0.15) is 11.5 Å². The summed E-state index contributed by atoms with van der Waals surface area (Å²) in [7, 11) is 4.21. The smallest absolute Gasteiger partial charge is 0.231 e. The molecule has 0 aromatic heterocycles. The highest BCUT2D eigenvalue weighted by Gasteiger charge is 2.27. The van der Waals surface area contributed by atoms with E-state index in [1.54, 1.807) is 0 Å². The van der Waals surface area contributed by atoms with Crippen LogP contribution in [0, 0.1) is 5.92 Å². The van der Waals surface area contributed by atoms with E-state index in [0.717, 1.165) is 42.4 Å². The minimum atomic E-state index is -0.00786. The summed E-state index contributed by atoms with van der Waals surface area (Å²) < 4.78 is 11.7. The number of para-hydroxylation sites is 2. The third-order valence-electron chi connectivity index (χ3n) is 4.21. The number of anilines is 1. The first-order chi connectivity index (χ1) is 11.5. The summed E-state index contributed by atoms with van der Waals surface area (Å²) in [6, 6.07) is 8.13. The molecule has 0 saturated heterocycles. The summed E-state index contributed by atoms with van der Waals surface area (Å²) in [5, 5.41) is -0.00786. The second kappa shape index (κ2) is 7.49. The Morgan fingerprint density at radius 3 is 2.88 bits per heavy atom. The van der Waals surface area contributed by atoms with Crippen LogP contribution in [0.2, 0.25) is 0 Å². The predicted octanol–water partition coefficient (Wildman–Crippen LogP) is 3.84. The third kappa shape index (κ3) is 3.87. The van der Waals surface area contributed by atoms with Crippen molar-refractivity contribution in [3.05, 3.63) is 47.9 Å². The van der Waals surface area contributed by atoms with E-state index < -0.39 is 0 Å². The number of nitrogens with zero attached hydrogens (tertiary/aromatic N) is 2. The summed E-state index contributed by atoms with van der Waals surface area (Å²) >= 11 is 6.40. The molecule has 0 saturated carbocycles. The summed E-state index contributed by atoms with van der Waals surface area (Å²) in [5.41, 5.74) is 2.22. The van der Waals surface area contributed by atoms with E-state index in [2.05, 4.69) is 36.9 Å². The Bertz CT molecular complexity index is 642. The third-order valence-corrected chi connectivity index (χ3v) is 4.51. The fourth-order valence-corrected chi connectivity index (χ4v) is 3.54. The van der Waals surface area contributed by atoms with Gasteiger partial charge in [-0.3, -0.25) is 0 Å². The van der Waals surface area contributed by atoms with Crippen molar-refractivity contribution in [2.24, 2.45) is 5.92 Å². The maximum atomic E-state index is 6.40. The van der Waals surface area contributed by atoms with E-state index in [4.69, 9.17) is 21.1 Å². The minimum Gasteiger partial charge on any atom is -0.456 e. The Morgan fingerprint density at radius 2 is 2.08 bits per heavy atom. The van der Waals surface area contributed by atoms with Crippen LogP contribution in [0.1, 0.15) is 13.3 Å². The molecule has 2 unspecified atom stereocenters. The molecule has 1 heterocycles. The Balaban J connectivity index is 1.99. The predicted molar refractivity (Wildman–Crippen MR) is 98.5 cm³/mol. The number of benzene rings is 1. The normalized spacial score (nSPS) is 21.4. The molecule has 0 fully saturated rings. The van der Waals surface area contributed by atoms with E-state index in [0.29, 0.717) is 5.92 Å². The molecule has 2 aliphatic rings. The number of alkyl halides is 1. The van der Waals surface area contributed by atoms with Crippen LogP contribution in [-0.4, -0.2) is 44.3 Å². The van der Waals surface area contributed by atoms with Crippen LogP contribution in [0.5, 0.6) is 5.75 Å². The number of halogens is 1. The van der Waals surface area contributed by atoms with Crippen molar-refractivity contribution < 1.29 is 9.47 Å². The minimum absolute atomic E-state index is 0.00786. The van der Waals surface area contributed by atoms with Gasteiger partial charge in [-0.05, 0) is 38.2 Å². The maximum absolute atomic E-state index is 6.40. The highest BCUT2D eigenvalue weighted by molar-refractivity contribution is 6.22. The number of allylic oxidation sites excluding steroid dienone is 3. The van der Waals surface area contributed by atoms with Crippen LogP contribution < -0.4 is 9.64 Å². The zero-order chi connectivity index (χ0) is 17.1. The molecule has 0 spiro atoms. The zero-order valence-corrected chi connectivity index (χ0v) is 15.3. The van der Waals surface area contributed by atoms with Gasteiger partial charge >= 0.3 is 0 Å². The van der Waals surface area contributed by atoms with Crippen molar-refractivity contribution in [3.63, 3.8) is 0 Å². The van der Waals surface area contributed by atoms with Crippen molar-refractivity contribution in [1.82, 2.24) is 4.90 Å². The van der Waals surface area contributed by atoms with Crippen molar-refractivity contribution in [2.75, 3.05) is 38.9 Å². The van der Waals surface area contributed by atoms with E-state index in [-0.39, 0.29) is 12.2 Å². The maximum Gasteiger partial charge on any atom is 0.231 e. The summed E-state index contributed by atoms with van der Waals surface area (Å²) in [6.07, 6.45) is 4.71. The van der Waals surface area contributed by atoms with E-state index in [9.17, 15) is 0 Å². The highest BCUT2D eigenvalue weighted by atomic mass is 35.5. The van der Waals surface area contributed by atoms with Gasteiger partial charge < -0.3 is 19.3 Å². The van der Waals surface area contributed by atoms with Gasteiger partial charge in [0, 0.05) is 19.5 Å². The molecule has 2 atom stereocenters. The molecular weight excluding hydrogens is 324 g/mol. The molecule has 1 aromatic carbocycles. The van der Waals surface area contributed by atoms with Crippen LogP contribution in [0.4, 0.5) is 5.69 Å². The zero-order valence-electron chi connectivity index (χ0n) is 14.5. The topological polar surface area (TPSA) is 24.9 Å². The van der Waals surface area contributed by atoms with Crippen LogP contribution in [0.3, 0.4) is 0 Å². The first-order valence-electron chi connectivity index (χ1n) is 8.37. The molecule has 1 aromatic rings. The molecule has 24 heavy (non-hydrogen) atoms. The first kappa shape index (κ1) is 17.2. The van der Waals surface area contributed by atoms with Crippen LogP contribution in [0.15, 0.2) is 47.9 Å². The van der Waals surface area contributed by atoms with Gasteiger partial charge in [0.15, 0.2) is 0 Å². The Kier molecular flexibility index (Phi) is 5.36.